The third kappa shape index (κ3) is 2.20. The van der Waals surface area contributed by atoms with Crippen molar-refractivity contribution >= 4 is 29.2 Å². The quantitative estimate of drug-likeness (QED) is 0.880. The Morgan fingerprint density at radius 3 is 2.53 bits per heavy atom. The van der Waals surface area contributed by atoms with Gasteiger partial charge in [-0.25, -0.2) is 9.48 Å². The average Bonchev–Trinajstić information content (AvgIpc) is 2.61. The van der Waals surface area contributed by atoms with Crippen LogP contribution in [0.2, 0.25) is 10.0 Å². The van der Waals surface area contributed by atoms with Gasteiger partial charge < -0.3 is 5.11 Å². The largest absolute Gasteiger partial charge is 0.477 e. The maximum Gasteiger partial charge on any atom is 0.353 e. The number of carbonyl (C=O) groups is 1. The second kappa shape index (κ2) is 4.27. The average molecular weight is 273 g/mol. The van der Waals surface area contributed by atoms with Crippen molar-refractivity contribution in [2.24, 2.45) is 0 Å². The predicted molar refractivity (Wildman–Crippen MR) is 63.4 cm³/mol. The van der Waals surface area contributed by atoms with Crippen LogP contribution < -0.4 is 5.56 Å². The van der Waals surface area contributed by atoms with Crippen molar-refractivity contribution in [3.63, 3.8) is 0 Å². The Kier molecular flexibility index (Phi) is 2.95. The Balaban J connectivity index is 2.60. The van der Waals surface area contributed by atoms with E-state index in [4.69, 9.17) is 28.3 Å². The fourth-order valence-corrected chi connectivity index (χ4v) is 1.84. The molecule has 2 rings (SSSR count). The van der Waals surface area contributed by atoms with E-state index in [0.29, 0.717) is 10.7 Å². The second-order valence-electron chi connectivity index (χ2n) is 3.24. The smallest absolute Gasteiger partial charge is 0.353 e. The standard InChI is InChI=1S/C10H6Cl2N2O3/c11-5-1-2-8(6(12)3-5)14-9(15)4-7(13-14)10(16)17/h1-4,13H,(H,16,17). The molecule has 0 spiro atoms. The van der Waals surface area contributed by atoms with Crippen molar-refractivity contribution in [1.82, 2.24) is 9.78 Å². The van der Waals surface area contributed by atoms with E-state index < -0.39 is 11.5 Å². The molecule has 1 heterocycles. The fraction of sp³-hybridized carbons (Fsp3) is 0. The van der Waals surface area contributed by atoms with Gasteiger partial charge in [-0.2, -0.15) is 0 Å². The molecule has 0 fully saturated rings. The van der Waals surface area contributed by atoms with E-state index in [2.05, 4.69) is 5.10 Å². The molecule has 0 aliphatic rings. The number of H-pyrrole nitrogens is 1. The number of rotatable bonds is 2. The lowest BCUT2D eigenvalue weighted by Crippen LogP contribution is -2.13. The topological polar surface area (TPSA) is 75.1 Å². The molecule has 5 nitrogen and oxygen atoms in total. The molecule has 0 amide bonds. The number of aromatic nitrogens is 2. The van der Waals surface area contributed by atoms with Crippen LogP contribution in [0.5, 0.6) is 0 Å². The Hall–Kier alpha value is -1.72. The molecule has 17 heavy (non-hydrogen) atoms. The van der Waals surface area contributed by atoms with Gasteiger partial charge in [0.25, 0.3) is 5.56 Å². The molecule has 88 valence electrons. The van der Waals surface area contributed by atoms with Crippen LogP contribution in [-0.2, 0) is 0 Å². The number of aromatic amines is 1. The lowest BCUT2D eigenvalue weighted by Gasteiger charge is -2.04. The second-order valence-corrected chi connectivity index (χ2v) is 4.09. The number of hydrogen-bond acceptors (Lipinski definition) is 2. The molecule has 0 unspecified atom stereocenters. The molecule has 0 bridgehead atoms. The summed E-state index contributed by atoms with van der Waals surface area (Å²) in [6, 6.07) is 5.52. The first-order valence-electron chi connectivity index (χ1n) is 4.50. The normalized spacial score (nSPS) is 10.5. The molecule has 1 aromatic heterocycles. The third-order valence-corrected chi connectivity index (χ3v) is 2.64. The summed E-state index contributed by atoms with van der Waals surface area (Å²) in [6.07, 6.45) is 0. The predicted octanol–water partition coefficient (Wildman–Crippen LogP) is 2.17. The summed E-state index contributed by atoms with van der Waals surface area (Å²) in [5, 5.41) is 11.9. The van der Waals surface area contributed by atoms with Crippen LogP contribution in [0.1, 0.15) is 10.5 Å². The fourth-order valence-electron chi connectivity index (χ4n) is 1.35. The van der Waals surface area contributed by atoms with Gasteiger partial charge in [0, 0.05) is 11.1 Å². The van der Waals surface area contributed by atoms with Crippen molar-refractivity contribution in [3.05, 3.63) is 50.4 Å². The van der Waals surface area contributed by atoms with Gasteiger partial charge in [0.15, 0.2) is 0 Å². The summed E-state index contributed by atoms with van der Waals surface area (Å²) in [5.74, 6) is -1.22. The summed E-state index contributed by atoms with van der Waals surface area (Å²) in [7, 11) is 0. The molecule has 1 aromatic carbocycles. The van der Waals surface area contributed by atoms with Gasteiger partial charge in [0.05, 0.1) is 10.7 Å². The summed E-state index contributed by atoms with van der Waals surface area (Å²) in [6.45, 7) is 0. The number of hydrogen-bond donors (Lipinski definition) is 2. The maximum atomic E-state index is 11.6. The Bertz CT molecular complexity index is 645. The van der Waals surface area contributed by atoms with Gasteiger partial charge in [0.1, 0.15) is 5.69 Å². The highest BCUT2D eigenvalue weighted by molar-refractivity contribution is 6.35. The molecule has 0 saturated carbocycles. The van der Waals surface area contributed by atoms with Crippen LogP contribution >= 0.6 is 23.2 Å². The number of nitrogens with zero attached hydrogens (tertiary/aromatic N) is 1. The molecule has 0 atom stereocenters. The number of benzene rings is 1. The maximum absolute atomic E-state index is 11.6. The summed E-state index contributed by atoms with van der Waals surface area (Å²) < 4.78 is 1.04. The Labute approximate surface area is 105 Å². The van der Waals surface area contributed by atoms with Crippen LogP contribution in [0, 0.1) is 0 Å². The van der Waals surface area contributed by atoms with E-state index in [-0.39, 0.29) is 10.7 Å². The monoisotopic (exact) mass is 272 g/mol. The summed E-state index contributed by atoms with van der Waals surface area (Å²) in [5.41, 5.74) is -0.374. The lowest BCUT2D eigenvalue weighted by molar-refractivity contribution is 0.0690. The van der Waals surface area contributed by atoms with E-state index in [9.17, 15) is 9.59 Å². The highest BCUT2D eigenvalue weighted by atomic mass is 35.5. The zero-order valence-corrected chi connectivity index (χ0v) is 9.79. The van der Waals surface area contributed by atoms with Crippen LogP contribution in [0.15, 0.2) is 29.1 Å². The minimum atomic E-state index is -1.22. The van der Waals surface area contributed by atoms with Crippen LogP contribution in [-0.4, -0.2) is 20.9 Å². The molecule has 0 aliphatic carbocycles. The van der Waals surface area contributed by atoms with E-state index >= 15 is 0 Å². The van der Waals surface area contributed by atoms with Gasteiger partial charge in [-0.1, -0.05) is 23.2 Å². The van der Waals surface area contributed by atoms with Crippen LogP contribution in [0.25, 0.3) is 5.69 Å². The number of aromatic carboxylic acids is 1. The van der Waals surface area contributed by atoms with Crippen molar-refractivity contribution in [2.75, 3.05) is 0 Å². The van der Waals surface area contributed by atoms with Crippen molar-refractivity contribution in [3.8, 4) is 5.69 Å². The van der Waals surface area contributed by atoms with Gasteiger partial charge >= 0.3 is 5.97 Å². The van der Waals surface area contributed by atoms with Gasteiger partial charge in [-0.15, -0.1) is 0 Å². The van der Waals surface area contributed by atoms with Crippen molar-refractivity contribution in [2.45, 2.75) is 0 Å². The highest BCUT2D eigenvalue weighted by Crippen LogP contribution is 2.22. The zero-order valence-electron chi connectivity index (χ0n) is 8.28. The zero-order chi connectivity index (χ0) is 12.6. The van der Waals surface area contributed by atoms with Crippen molar-refractivity contribution in [1.29, 1.82) is 0 Å². The first kappa shape index (κ1) is 11.8. The van der Waals surface area contributed by atoms with E-state index in [1.165, 1.54) is 12.1 Å². The highest BCUT2D eigenvalue weighted by Gasteiger charge is 2.12. The van der Waals surface area contributed by atoms with E-state index in [1.54, 1.807) is 6.07 Å². The number of carboxylic acids is 1. The molecule has 7 heteroatoms. The minimum absolute atomic E-state index is 0.207. The van der Waals surface area contributed by atoms with Gasteiger partial charge in [-0.05, 0) is 18.2 Å². The Morgan fingerprint density at radius 2 is 2.00 bits per heavy atom. The lowest BCUT2D eigenvalue weighted by atomic mass is 10.3. The first-order chi connectivity index (χ1) is 7.99. The SMILES string of the molecule is O=C(O)c1cc(=O)n(-c2ccc(Cl)cc2Cl)[nH]1. The van der Waals surface area contributed by atoms with E-state index in [0.717, 1.165) is 10.7 Å². The van der Waals surface area contributed by atoms with Gasteiger partial charge in [0.2, 0.25) is 0 Å². The number of halogens is 2. The molecular formula is C10H6Cl2N2O3. The van der Waals surface area contributed by atoms with Crippen molar-refractivity contribution < 1.29 is 9.90 Å². The summed E-state index contributed by atoms with van der Waals surface area (Å²) >= 11 is 11.6. The third-order valence-electron chi connectivity index (χ3n) is 2.10. The first-order valence-corrected chi connectivity index (χ1v) is 5.25. The molecule has 2 N–H and O–H groups in total. The molecule has 0 radical (unpaired) electrons. The Morgan fingerprint density at radius 1 is 1.29 bits per heavy atom. The number of nitrogens with one attached hydrogen (secondary N) is 1. The summed E-state index contributed by atoms with van der Waals surface area (Å²) in [4.78, 5) is 22.3. The van der Waals surface area contributed by atoms with Crippen LogP contribution in [0.4, 0.5) is 0 Å². The molecule has 2 aromatic rings. The molecule has 0 aliphatic heterocycles. The molecular weight excluding hydrogens is 267 g/mol. The number of carboxylic acid groups (broad SMARTS) is 1. The van der Waals surface area contributed by atoms with E-state index in [1.807, 2.05) is 0 Å². The molecule has 0 saturated heterocycles. The van der Waals surface area contributed by atoms with Crippen LogP contribution in [0.3, 0.4) is 0 Å². The minimum Gasteiger partial charge on any atom is -0.477 e. The van der Waals surface area contributed by atoms with Gasteiger partial charge in [-0.3, -0.25) is 9.89 Å².